The van der Waals surface area contributed by atoms with E-state index < -0.39 is 6.10 Å². The molecule has 0 aromatic carbocycles. The van der Waals surface area contributed by atoms with Crippen LogP contribution < -0.4 is 0 Å². The summed E-state index contributed by atoms with van der Waals surface area (Å²) >= 11 is 3.21. The lowest BCUT2D eigenvalue weighted by molar-refractivity contribution is 0.147. The summed E-state index contributed by atoms with van der Waals surface area (Å²) in [5.74, 6) is 0.554. The van der Waals surface area contributed by atoms with Crippen LogP contribution in [0.2, 0.25) is 0 Å². The van der Waals surface area contributed by atoms with Gasteiger partial charge >= 0.3 is 0 Å². The monoisotopic (exact) mass is 295 g/mol. The van der Waals surface area contributed by atoms with Gasteiger partial charge in [0.2, 0.25) is 0 Å². The van der Waals surface area contributed by atoms with Crippen LogP contribution >= 0.6 is 15.9 Å². The van der Waals surface area contributed by atoms with Crippen molar-refractivity contribution in [1.82, 2.24) is 4.98 Å². The molecule has 17 heavy (non-hydrogen) atoms. The van der Waals surface area contributed by atoms with Crippen LogP contribution in [0.1, 0.15) is 30.0 Å². The summed E-state index contributed by atoms with van der Waals surface area (Å²) in [6.07, 6.45) is 2.63. The molecule has 0 saturated carbocycles. The predicted octanol–water partition coefficient (Wildman–Crippen LogP) is 3.28. The highest BCUT2D eigenvalue weighted by molar-refractivity contribution is 9.10. The third-order valence-corrected chi connectivity index (χ3v) is 3.05. The Balaban J connectivity index is 2.04. The lowest BCUT2D eigenvalue weighted by Gasteiger charge is -2.07. The van der Waals surface area contributed by atoms with E-state index in [2.05, 4.69) is 27.8 Å². The third kappa shape index (κ3) is 3.17. The van der Waals surface area contributed by atoms with E-state index in [1.165, 1.54) is 5.56 Å². The summed E-state index contributed by atoms with van der Waals surface area (Å²) in [5, 5.41) is 9.96. The van der Waals surface area contributed by atoms with Crippen LogP contribution in [0, 0.1) is 0 Å². The van der Waals surface area contributed by atoms with Crippen molar-refractivity contribution < 1.29 is 9.52 Å². The van der Waals surface area contributed by atoms with E-state index in [0.29, 0.717) is 16.9 Å². The molecule has 0 amide bonds. The highest BCUT2D eigenvalue weighted by Crippen LogP contribution is 2.22. The van der Waals surface area contributed by atoms with Crippen LogP contribution in [-0.2, 0) is 12.8 Å². The van der Waals surface area contributed by atoms with Gasteiger partial charge in [0.1, 0.15) is 11.9 Å². The highest BCUT2D eigenvalue weighted by atomic mass is 79.9. The Morgan fingerprint density at radius 3 is 2.71 bits per heavy atom. The second-order valence-electron chi connectivity index (χ2n) is 3.87. The summed E-state index contributed by atoms with van der Waals surface area (Å²) in [4.78, 5) is 4.31. The van der Waals surface area contributed by atoms with Crippen LogP contribution in [0.5, 0.6) is 0 Å². The second kappa shape index (κ2) is 5.47. The van der Waals surface area contributed by atoms with E-state index in [9.17, 15) is 5.11 Å². The van der Waals surface area contributed by atoms with Gasteiger partial charge in [-0.1, -0.05) is 13.0 Å². The Hall–Kier alpha value is -1.13. The molecule has 2 aromatic rings. The van der Waals surface area contributed by atoms with Crippen molar-refractivity contribution in [1.29, 1.82) is 0 Å². The van der Waals surface area contributed by atoms with E-state index in [1.807, 2.05) is 18.3 Å². The molecule has 4 heteroatoms. The summed E-state index contributed by atoms with van der Waals surface area (Å²) in [5.41, 5.74) is 2.06. The number of aromatic nitrogens is 1. The molecule has 1 atom stereocenters. The van der Waals surface area contributed by atoms with Gasteiger partial charge in [0.05, 0.1) is 0 Å². The Morgan fingerprint density at radius 2 is 2.18 bits per heavy atom. The molecule has 90 valence electrons. The Morgan fingerprint density at radius 1 is 1.35 bits per heavy atom. The first kappa shape index (κ1) is 12.3. The van der Waals surface area contributed by atoms with Gasteiger partial charge < -0.3 is 9.52 Å². The van der Waals surface area contributed by atoms with Gasteiger partial charge in [-0.25, -0.2) is 0 Å². The number of furan rings is 1. The normalized spacial score (nSPS) is 12.6. The van der Waals surface area contributed by atoms with Crippen molar-refractivity contribution in [3.8, 4) is 0 Å². The standard InChI is InChI=1S/C13H14BrNO2/c1-2-9-3-4-10(15-8-9)7-11(16)12-5-6-13(14)17-12/h3-6,8,11,16H,2,7H2,1H3. The maximum absolute atomic E-state index is 9.96. The number of aliphatic hydroxyl groups excluding tert-OH is 1. The fourth-order valence-corrected chi connectivity index (χ4v) is 1.91. The second-order valence-corrected chi connectivity index (χ2v) is 4.65. The van der Waals surface area contributed by atoms with Crippen molar-refractivity contribution >= 4 is 15.9 Å². The molecule has 0 bridgehead atoms. The van der Waals surface area contributed by atoms with Gasteiger partial charge in [0.15, 0.2) is 4.67 Å². The Bertz CT molecular complexity index is 478. The highest BCUT2D eigenvalue weighted by Gasteiger charge is 2.13. The first-order valence-electron chi connectivity index (χ1n) is 5.56. The third-order valence-electron chi connectivity index (χ3n) is 2.62. The smallest absolute Gasteiger partial charge is 0.169 e. The van der Waals surface area contributed by atoms with E-state index in [0.717, 1.165) is 12.1 Å². The SMILES string of the molecule is CCc1ccc(CC(O)c2ccc(Br)o2)nc1. The minimum absolute atomic E-state index is 0.462. The topological polar surface area (TPSA) is 46.3 Å². The van der Waals surface area contributed by atoms with Crippen LogP contribution in [0.15, 0.2) is 39.5 Å². The van der Waals surface area contributed by atoms with Gasteiger partial charge in [-0.3, -0.25) is 4.98 Å². The van der Waals surface area contributed by atoms with Gasteiger partial charge in [0.25, 0.3) is 0 Å². The molecule has 2 aromatic heterocycles. The number of rotatable bonds is 4. The van der Waals surface area contributed by atoms with E-state index in [1.54, 1.807) is 12.1 Å². The van der Waals surface area contributed by atoms with Gasteiger partial charge in [-0.15, -0.1) is 0 Å². The summed E-state index contributed by atoms with van der Waals surface area (Å²) in [6.45, 7) is 2.09. The van der Waals surface area contributed by atoms with Crippen LogP contribution in [0.3, 0.4) is 0 Å². The van der Waals surface area contributed by atoms with E-state index in [4.69, 9.17) is 4.42 Å². The number of pyridine rings is 1. The molecule has 2 heterocycles. The molecule has 2 rings (SSSR count). The maximum Gasteiger partial charge on any atom is 0.169 e. The van der Waals surface area contributed by atoms with Crippen LogP contribution in [-0.4, -0.2) is 10.1 Å². The molecule has 0 aliphatic heterocycles. The molecular formula is C13H14BrNO2. The summed E-state index contributed by atoms with van der Waals surface area (Å²) < 4.78 is 5.93. The zero-order valence-electron chi connectivity index (χ0n) is 9.56. The summed E-state index contributed by atoms with van der Waals surface area (Å²) in [6, 6.07) is 7.51. The Labute approximate surface area is 109 Å². The van der Waals surface area contributed by atoms with Crippen molar-refractivity contribution in [3.05, 3.63) is 52.1 Å². The van der Waals surface area contributed by atoms with Crippen LogP contribution in [0.25, 0.3) is 0 Å². The van der Waals surface area contributed by atoms with Gasteiger partial charge in [-0.05, 0) is 46.1 Å². The first-order valence-corrected chi connectivity index (χ1v) is 6.35. The van der Waals surface area contributed by atoms with Crippen molar-refractivity contribution in [2.24, 2.45) is 0 Å². The predicted molar refractivity (Wildman–Crippen MR) is 68.7 cm³/mol. The number of hydrogen-bond acceptors (Lipinski definition) is 3. The zero-order chi connectivity index (χ0) is 12.3. The maximum atomic E-state index is 9.96. The molecule has 0 fully saturated rings. The van der Waals surface area contributed by atoms with Gasteiger partial charge in [0, 0.05) is 18.3 Å². The number of halogens is 1. The molecule has 1 unspecified atom stereocenters. The number of nitrogens with zero attached hydrogens (tertiary/aromatic N) is 1. The lowest BCUT2D eigenvalue weighted by Crippen LogP contribution is -2.02. The molecule has 3 nitrogen and oxygen atoms in total. The average Bonchev–Trinajstić information content (AvgIpc) is 2.77. The largest absolute Gasteiger partial charge is 0.452 e. The number of aryl methyl sites for hydroxylation is 1. The average molecular weight is 296 g/mol. The molecule has 0 radical (unpaired) electrons. The van der Waals surface area contributed by atoms with Gasteiger partial charge in [-0.2, -0.15) is 0 Å². The van der Waals surface area contributed by atoms with Crippen molar-refractivity contribution in [2.75, 3.05) is 0 Å². The first-order chi connectivity index (χ1) is 8.19. The number of aliphatic hydroxyl groups is 1. The number of hydrogen-bond donors (Lipinski definition) is 1. The Kier molecular flexibility index (Phi) is 3.97. The molecule has 0 saturated heterocycles. The molecule has 0 aliphatic carbocycles. The molecule has 0 spiro atoms. The van der Waals surface area contributed by atoms with E-state index >= 15 is 0 Å². The van der Waals surface area contributed by atoms with Crippen molar-refractivity contribution in [3.63, 3.8) is 0 Å². The molecule has 1 N–H and O–H groups in total. The molecule has 0 aliphatic rings. The minimum Gasteiger partial charge on any atom is -0.452 e. The van der Waals surface area contributed by atoms with Crippen LogP contribution in [0.4, 0.5) is 0 Å². The lowest BCUT2D eigenvalue weighted by atomic mass is 10.1. The summed E-state index contributed by atoms with van der Waals surface area (Å²) in [7, 11) is 0. The van der Waals surface area contributed by atoms with E-state index in [-0.39, 0.29) is 0 Å². The minimum atomic E-state index is -0.652. The quantitative estimate of drug-likeness (QED) is 0.942. The zero-order valence-corrected chi connectivity index (χ0v) is 11.1. The van der Waals surface area contributed by atoms with Crippen molar-refractivity contribution in [2.45, 2.75) is 25.9 Å². The fraction of sp³-hybridized carbons (Fsp3) is 0.308. The molecular weight excluding hydrogens is 282 g/mol. The fourth-order valence-electron chi connectivity index (χ4n) is 1.59.